The van der Waals surface area contributed by atoms with Crippen LogP contribution >= 0.6 is 0 Å². The van der Waals surface area contributed by atoms with Gasteiger partial charge in [-0.05, 0) is 44.0 Å². The number of hydrogen-bond acceptors (Lipinski definition) is 5. The van der Waals surface area contributed by atoms with E-state index in [-0.39, 0.29) is 10.9 Å². The molecule has 6 nitrogen and oxygen atoms in total. The van der Waals surface area contributed by atoms with E-state index in [1.54, 1.807) is 26.8 Å². The summed E-state index contributed by atoms with van der Waals surface area (Å²) in [5, 5.41) is 0. The average Bonchev–Trinajstić information content (AvgIpc) is 2.68. The summed E-state index contributed by atoms with van der Waals surface area (Å²) in [6.45, 7) is 5.24. The molecule has 0 aliphatic heterocycles. The van der Waals surface area contributed by atoms with Crippen molar-refractivity contribution < 1.29 is 12.8 Å². The number of nitrogens with two attached hydrogens (primary N) is 1. The van der Waals surface area contributed by atoms with Crippen LogP contribution in [0, 0.1) is 20.8 Å². The number of rotatable bonds is 3. The van der Waals surface area contributed by atoms with Gasteiger partial charge in [0.2, 0.25) is 0 Å². The number of nitrogen functional groups attached to an aromatic ring is 1. The maximum atomic E-state index is 12.3. The maximum absolute atomic E-state index is 12.3. The summed E-state index contributed by atoms with van der Waals surface area (Å²) < 4.78 is 31.8. The van der Waals surface area contributed by atoms with Gasteiger partial charge in [0, 0.05) is 5.69 Å². The highest BCUT2D eigenvalue weighted by molar-refractivity contribution is 7.92. The Labute approximate surface area is 111 Å². The van der Waals surface area contributed by atoms with Crippen LogP contribution in [-0.2, 0) is 10.0 Å². The molecule has 1 heterocycles. The lowest BCUT2D eigenvalue weighted by Crippen LogP contribution is -2.15. The molecule has 19 heavy (non-hydrogen) atoms. The summed E-state index contributed by atoms with van der Waals surface area (Å²) in [4.78, 5) is 4.03. The van der Waals surface area contributed by atoms with Crippen LogP contribution in [-0.4, -0.2) is 13.4 Å². The lowest BCUT2D eigenvalue weighted by molar-refractivity contribution is 0.569. The molecule has 0 unspecified atom stereocenters. The van der Waals surface area contributed by atoms with Gasteiger partial charge in [0.25, 0.3) is 10.0 Å². The molecule has 102 valence electrons. The van der Waals surface area contributed by atoms with Crippen molar-refractivity contribution >= 4 is 21.7 Å². The van der Waals surface area contributed by atoms with Gasteiger partial charge in [0.05, 0.1) is 10.6 Å². The van der Waals surface area contributed by atoms with Crippen molar-refractivity contribution in [3.05, 3.63) is 35.2 Å². The second-order valence-electron chi connectivity index (χ2n) is 4.36. The molecule has 7 heteroatoms. The molecule has 0 atom stereocenters. The first-order valence-electron chi connectivity index (χ1n) is 5.61. The van der Waals surface area contributed by atoms with Crippen molar-refractivity contribution in [1.82, 2.24) is 4.98 Å². The standard InChI is InChI=1S/C12H15N3O3S/c1-7-4-10(13)5-11(9(7)3)19(16,17)15-12-14-8(2)6-18-12/h4-6H,13H2,1-3H3,(H,14,15). The van der Waals surface area contributed by atoms with E-state index >= 15 is 0 Å². The predicted octanol–water partition coefficient (Wildman–Crippen LogP) is 1.98. The van der Waals surface area contributed by atoms with Crippen LogP contribution in [0.4, 0.5) is 11.7 Å². The van der Waals surface area contributed by atoms with Gasteiger partial charge in [-0.1, -0.05) is 0 Å². The van der Waals surface area contributed by atoms with Crippen LogP contribution in [0.2, 0.25) is 0 Å². The molecule has 0 saturated carbocycles. The Balaban J connectivity index is 2.45. The molecule has 0 bridgehead atoms. The molecular formula is C12H15N3O3S. The first kappa shape index (κ1) is 13.4. The lowest BCUT2D eigenvalue weighted by Gasteiger charge is -2.11. The van der Waals surface area contributed by atoms with Crippen LogP contribution in [0.5, 0.6) is 0 Å². The normalized spacial score (nSPS) is 11.5. The van der Waals surface area contributed by atoms with E-state index in [0.29, 0.717) is 16.9 Å². The third-order valence-electron chi connectivity index (χ3n) is 2.77. The molecule has 1 aromatic heterocycles. The Kier molecular flexibility index (Phi) is 3.23. The zero-order valence-corrected chi connectivity index (χ0v) is 11.7. The first-order valence-corrected chi connectivity index (χ1v) is 7.09. The summed E-state index contributed by atoms with van der Waals surface area (Å²) in [5.41, 5.74) is 8.13. The lowest BCUT2D eigenvalue weighted by atomic mass is 10.1. The molecule has 0 aliphatic rings. The van der Waals surface area contributed by atoms with Gasteiger partial charge in [0.15, 0.2) is 0 Å². The molecule has 2 aromatic rings. The number of nitrogens with one attached hydrogen (secondary N) is 1. The molecule has 0 amide bonds. The number of oxazole rings is 1. The van der Waals surface area contributed by atoms with Crippen LogP contribution in [0.25, 0.3) is 0 Å². The molecule has 0 radical (unpaired) electrons. The fourth-order valence-electron chi connectivity index (χ4n) is 1.70. The highest BCUT2D eigenvalue weighted by Gasteiger charge is 2.20. The molecule has 2 rings (SSSR count). The zero-order chi connectivity index (χ0) is 14.2. The predicted molar refractivity (Wildman–Crippen MR) is 72.4 cm³/mol. The SMILES string of the molecule is Cc1coc(NS(=O)(=O)c2cc(N)cc(C)c2C)n1. The van der Waals surface area contributed by atoms with Crippen LogP contribution in [0.1, 0.15) is 16.8 Å². The van der Waals surface area contributed by atoms with Crippen LogP contribution < -0.4 is 10.5 Å². The average molecular weight is 281 g/mol. The number of anilines is 2. The zero-order valence-electron chi connectivity index (χ0n) is 10.9. The van der Waals surface area contributed by atoms with Gasteiger partial charge in [-0.25, -0.2) is 13.1 Å². The molecule has 0 aliphatic carbocycles. The maximum Gasteiger partial charge on any atom is 0.309 e. The minimum Gasteiger partial charge on any atom is -0.431 e. The van der Waals surface area contributed by atoms with Crippen molar-refractivity contribution in [2.75, 3.05) is 10.5 Å². The Morgan fingerprint density at radius 2 is 1.95 bits per heavy atom. The summed E-state index contributed by atoms with van der Waals surface area (Å²) in [5.74, 6) is 0. The van der Waals surface area contributed by atoms with Crippen molar-refractivity contribution in [2.45, 2.75) is 25.7 Å². The molecule has 0 saturated heterocycles. The highest BCUT2D eigenvalue weighted by Crippen LogP contribution is 2.24. The fourth-order valence-corrected chi connectivity index (χ4v) is 2.99. The van der Waals surface area contributed by atoms with Gasteiger partial charge in [-0.2, -0.15) is 4.98 Å². The van der Waals surface area contributed by atoms with Crippen molar-refractivity contribution in [2.24, 2.45) is 0 Å². The smallest absolute Gasteiger partial charge is 0.309 e. The monoisotopic (exact) mass is 281 g/mol. The van der Waals surface area contributed by atoms with Crippen LogP contribution in [0.15, 0.2) is 27.7 Å². The summed E-state index contributed by atoms with van der Waals surface area (Å²) in [6.07, 6.45) is 1.37. The third kappa shape index (κ3) is 2.70. The summed E-state index contributed by atoms with van der Waals surface area (Å²) >= 11 is 0. The molecule has 0 spiro atoms. The number of aromatic nitrogens is 1. The Morgan fingerprint density at radius 1 is 1.26 bits per heavy atom. The number of hydrogen-bond donors (Lipinski definition) is 2. The van der Waals surface area contributed by atoms with E-state index in [1.807, 2.05) is 0 Å². The number of aryl methyl sites for hydroxylation is 2. The summed E-state index contributed by atoms with van der Waals surface area (Å²) in [7, 11) is -3.76. The second-order valence-corrected chi connectivity index (χ2v) is 6.01. The minimum absolute atomic E-state index is 0.0584. The fraction of sp³-hybridized carbons (Fsp3) is 0.250. The molecule has 3 N–H and O–H groups in total. The Hall–Kier alpha value is -2.02. The van der Waals surface area contributed by atoms with E-state index in [0.717, 1.165) is 5.56 Å². The van der Waals surface area contributed by atoms with E-state index in [1.165, 1.54) is 12.3 Å². The van der Waals surface area contributed by atoms with Crippen molar-refractivity contribution in [1.29, 1.82) is 0 Å². The van der Waals surface area contributed by atoms with E-state index < -0.39 is 10.0 Å². The number of nitrogens with zero attached hydrogens (tertiary/aromatic N) is 1. The Morgan fingerprint density at radius 3 is 2.53 bits per heavy atom. The van der Waals surface area contributed by atoms with Crippen molar-refractivity contribution in [3.63, 3.8) is 0 Å². The first-order chi connectivity index (χ1) is 8.79. The number of benzene rings is 1. The van der Waals surface area contributed by atoms with E-state index in [9.17, 15) is 8.42 Å². The quantitative estimate of drug-likeness (QED) is 0.838. The largest absolute Gasteiger partial charge is 0.431 e. The van der Waals surface area contributed by atoms with Gasteiger partial charge < -0.3 is 10.2 Å². The van der Waals surface area contributed by atoms with Gasteiger partial charge in [0.1, 0.15) is 6.26 Å². The number of sulfonamides is 1. The molecule has 0 fully saturated rings. The summed E-state index contributed by atoms with van der Waals surface area (Å²) in [6, 6.07) is 3.08. The molecule has 1 aromatic carbocycles. The minimum atomic E-state index is -3.76. The van der Waals surface area contributed by atoms with Gasteiger partial charge in [-0.15, -0.1) is 0 Å². The highest BCUT2D eigenvalue weighted by atomic mass is 32.2. The topological polar surface area (TPSA) is 98.2 Å². The Bertz CT molecular complexity index is 720. The molecular weight excluding hydrogens is 266 g/mol. The van der Waals surface area contributed by atoms with Crippen LogP contribution in [0.3, 0.4) is 0 Å². The van der Waals surface area contributed by atoms with Crippen molar-refractivity contribution in [3.8, 4) is 0 Å². The van der Waals surface area contributed by atoms with E-state index in [4.69, 9.17) is 10.2 Å². The van der Waals surface area contributed by atoms with Gasteiger partial charge >= 0.3 is 6.01 Å². The third-order valence-corrected chi connectivity index (χ3v) is 4.22. The van der Waals surface area contributed by atoms with E-state index in [2.05, 4.69) is 9.71 Å². The van der Waals surface area contributed by atoms with Gasteiger partial charge in [-0.3, -0.25) is 0 Å². The second kappa shape index (κ2) is 4.58.